The largest absolute Gasteiger partial charge is 0.416 e. The number of rotatable bonds is 3. The van der Waals surface area contributed by atoms with E-state index in [1.165, 1.54) is 9.21 Å². The predicted molar refractivity (Wildman–Crippen MR) is 115 cm³/mol. The lowest BCUT2D eigenvalue weighted by Gasteiger charge is -2.33. The third-order valence-electron chi connectivity index (χ3n) is 5.20. The van der Waals surface area contributed by atoms with Crippen molar-refractivity contribution in [3.05, 3.63) is 72.1 Å². The first-order chi connectivity index (χ1) is 14.7. The summed E-state index contributed by atoms with van der Waals surface area (Å²) in [5.74, 6) is -0.294. The number of carbonyl (C=O) groups is 1. The van der Waals surface area contributed by atoms with Crippen LogP contribution in [0.1, 0.15) is 16.1 Å². The Morgan fingerprint density at radius 3 is 2.09 bits per heavy atom. The van der Waals surface area contributed by atoms with Gasteiger partial charge in [-0.25, -0.2) is 8.42 Å². The molecule has 4 rings (SSSR count). The van der Waals surface area contributed by atoms with Gasteiger partial charge in [-0.3, -0.25) is 9.78 Å². The van der Waals surface area contributed by atoms with Crippen molar-refractivity contribution in [2.45, 2.75) is 11.1 Å². The quantitative estimate of drug-likeness (QED) is 0.565. The van der Waals surface area contributed by atoms with Gasteiger partial charge in [0.15, 0.2) is 0 Å². The third-order valence-corrected chi connectivity index (χ3v) is 7.11. The molecule has 2 heterocycles. The predicted octanol–water partition coefficient (Wildman–Crippen LogP) is 3.82. The number of benzene rings is 2. The molecule has 1 fully saturated rings. The molecule has 0 aliphatic carbocycles. The van der Waals surface area contributed by atoms with E-state index >= 15 is 0 Å². The molecule has 1 aromatic heterocycles. The van der Waals surface area contributed by atoms with E-state index in [2.05, 4.69) is 4.98 Å². The molecular weight excluding hydrogens is 467 g/mol. The first kappa shape index (κ1) is 24.0. The van der Waals surface area contributed by atoms with Gasteiger partial charge in [0.25, 0.3) is 5.91 Å². The zero-order chi connectivity index (χ0) is 22.2. The fourth-order valence-electron chi connectivity index (χ4n) is 3.46. The Labute approximate surface area is 189 Å². The smallest absolute Gasteiger partial charge is 0.335 e. The lowest BCUT2D eigenvalue weighted by Crippen LogP contribution is -2.50. The number of sulfonamides is 1. The van der Waals surface area contributed by atoms with Crippen LogP contribution < -0.4 is 0 Å². The minimum Gasteiger partial charge on any atom is -0.335 e. The van der Waals surface area contributed by atoms with E-state index in [1.807, 2.05) is 24.3 Å². The van der Waals surface area contributed by atoms with Crippen molar-refractivity contribution in [2.24, 2.45) is 0 Å². The molecule has 0 bridgehead atoms. The summed E-state index contributed by atoms with van der Waals surface area (Å²) in [4.78, 5) is 18.3. The summed E-state index contributed by atoms with van der Waals surface area (Å²) < 4.78 is 64.9. The molecule has 1 amide bonds. The lowest BCUT2D eigenvalue weighted by molar-refractivity contribution is -0.137. The van der Waals surface area contributed by atoms with Crippen LogP contribution in [-0.4, -0.2) is 54.7 Å². The Morgan fingerprint density at radius 1 is 0.906 bits per heavy atom. The van der Waals surface area contributed by atoms with E-state index in [4.69, 9.17) is 0 Å². The molecule has 11 heteroatoms. The minimum atomic E-state index is -4.54. The number of piperazine rings is 1. The van der Waals surface area contributed by atoms with Crippen molar-refractivity contribution in [1.29, 1.82) is 0 Å². The van der Waals surface area contributed by atoms with Crippen molar-refractivity contribution >= 4 is 39.1 Å². The molecule has 3 aromatic rings. The van der Waals surface area contributed by atoms with Crippen molar-refractivity contribution in [1.82, 2.24) is 14.2 Å². The van der Waals surface area contributed by atoms with E-state index in [0.717, 1.165) is 35.0 Å². The standard InChI is InChI=1S/C21H18F3N3O3S.ClH/c22-21(23,24)17-5-7-18(8-6-17)31(29,30)27-11-9-26(10-12-27)20(28)19-13-15-3-1-2-4-16(15)14-25-19;/h1-8,13-14H,9-12H2;1H. The average Bonchev–Trinajstić information content (AvgIpc) is 2.78. The second-order valence-corrected chi connectivity index (χ2v) is 9.07. The Morgan fingerprint density at radius 2 is 1.50 bits per heavy atom. The molecule has 0 spiro atoms. The normalized spacial score (nSPS) is 15.4. The number of carbonyl (C=O) groups excluding carboxylic acids is 1. The molecule has 0 radical (unpaired) electrons. The fourth-order valence-corrected chi connectivity index (χ4v) is 4.88. The molecular formula is C21H19ClF3N3O3S. The molecule has 0 N–H and O–H groups in total. The highest BCUT2D eigenvalue weighted by Crippen LogP contribution is 2.30. The summed E-state index contributed by atoms with van der Waals surface area (Å²) in [6, 6.07) is 12.6. The van der Waals surface area contributed by atoms with Gasteiger partial charge in [0, 0.05) is 37.8 Å². The van der Waals surface area contributed by atoms with Crippen LogP contribution >= 0.6 is 12.4 Å². The molecule has 0 saturated carbocycles. The number of amides is 1. The minimum absolute atomic E-state index is 0. The third kappa shape index (κ3) is 4.72. The molecule has 1 aliphatic rings. The maximum absolute atomic E-state index is 12.8. The van der Waals surface area contributed by atoms with Crippen LogP contribution in [0, 0.1) is 0 Å². The van der Waals surface area contributed by atoms with Crippen LogP contribution in [0.5, 0.6) is 0 Å². The molecule has 2 aromatic carbocycles. The number of hydrogen-bond acceptors (Lipinski definition) is 4. The van der Waals surface area contributed by atoms with Gasteiger partial charge >= 0.3 is 6.18 Å². The monoisotopic (exact) mass is 485 g/mol. The highest BCUT2D eigenvalue weighted by Gasteiger charge is 2.33. The van der Waals surface area contributed by atoms with Crippen LogP contribution in [0.4, 0.5) is 13.2 Å². The van der Waals surface area contributed by atoms with Crippen molar-refractivity contribution in [3.8, 4) is 0 Å². The average molecular weight is 486 g/mol. The number of hydrogen-bond donors (Lipinski definition) is 0. The number of pyridine rings is 1. The number of alkyl halides is 3. The summed E-state index contributed by atoms with van der Waals surface area (Å²) in [5.41, 5.74) is -0.637. The molecule has 170 valence electrons. The van der Waals surface area contributed by atoms with Crippen molar-refractivity contribution < 1.29 is 26.4 Å². The molecule has 32 heavy (non-hydrogen) atoms. The number of aromatic nitrogens is 1. The first-order valence-electron chi connectivity index (χ1n) is 9.48. The van der Waals surface area contributed by atoms with Gasteiger partial charge in [0.05, 0.1) is 10.5 Å². The van der Waals surface area contributed by atoms with Crippen LogP contribution in [0.3, 0.4) is 0 Å². The van der Waals surface area contributed by atoms with Gasteiger partial charge in [-0.15, -0.1) is 12.4 Å². The zero-order valence-corrected chi connectivity index (χ0v) is 18.3. The number of halogens is 4. The van der Waals surface area contributed by atoms with E-state index in [9.17, 15) is 26.4 Å². The van der Waals surface area contributed by atoms with Gasteiger partial charge in [-0.1, -0.05) is 24.3 Å². The molecule has 1 aliphatic heterocycles. The van der Waals surface area contributed by atoms with E-state index in [1.54, 1.807) is 12.3 Å². The lowest BCUT2D eigenvalue weighted by atomic mass is 10.1. The molecule has 0 unspecified atom stereocenters. The molecule has 0 atom stereocenters. The maximum atomic E-state index is 12.8. The van der Waals surface area contributed by atoms with Gasteiger partial charge in [-0.2, -0.15) is 17.5 Å². The fraction of sp³-hybridized carbons (Fsp3) is 0.238. The van der Waals surface area contributed by atoms with Crippen LogP contribution in [0.15, 0.2) is 65.7 Å². The summed E-state index contributed by atoms with van der Waals surface area (Å²) in [6.45, 7) is 0.408. The maximum Gasteiger partial charge on any atom is 0.416 e. The van der Waals surface area contributed by atoms with Crippen LogP contribution in [0.25, 0.3) is 10.8 Å². The Bertz CT molecular complexity index is 1230. The Kier molecular flexibility index (Phi) is 6.77. The summed E-state index contributed by atoms with van der Waals surface area (Å²) in [6.07, 6.45) is -2.92. The zero-order valence-electron chi connectivity index (χ0n) is 16.6. The van der Waals surface area contributed by atoms with Crippen molar-refractivity contribution in [3.63, 3.8) is 0 Å². The SMILES string of the molecule is Cl.O=C(c1cc2ccccc2cn1)N1CCN(S(=O)(=O)c2ccc(C(F)(F)F)cc2)CC1. The van der Waals surface area contributed by atoms with Crippen LogP contribution in [-0.2, 0) is 16.2 Å². The van der Waals surface area contributed by atoms with Gasteiger partial charge in [0.2, 0.25) is 10.0 Å². The summed E-state index contributed by atoms with van der Waals surface area (Å²) >= 11 is 0. The first-order valence-corrected chi connectivity index (χ1v) is 10.9. The molecule has 1 saturated heterocycles. The highest BCUT2D eigenvalue weighted by molar-refractivity contribution is 7.89. The summed E-state index contributed by atoms with van der Waals surface area (Å²) in [5, 5.41) is 1.79. The highest BCUT2D eigenvalue weighted by atomic mass is 35.5. The number of fused-ring (bicyclic) bond motifs is 1. The van der Waals surface area contributed by atoms with Gasteiger partial charge in [-0.05, 0) is 35.7 Å². The number of nitrogens with zero attached hydrogens (tertiary/aromatic N) is 3. The second-order valence-electron chi connectivity index (χ2n) is 7.14. The van der Waals surface area contributed by atoms with E-state index in [0.29, 0.717) is 0 Å². The van der Waals surface area contributed by atoms with Crippen LogP contribution in [0.2, 0.25) is 0 Å². The van der Waals surface area contributed by atoms with Gasteiger partial charge < -0.3 is 4.90 Å². The summed E-state index contributed by atoms with van der Waals surface area (Å²) in [7, 11) is -3.95. The van der Waals surface area contributed by atoms with E-state index in [-0.39, 0.29) is 55.1 Å². The topological polar surface area (TPSA) is 70.6 Å². The molecule has 6 nitrogen and oxygen atoms in total. The Balaban J connectivity index is 0.00000289. The van der Waals surface area contributed by atoms with E-state index < -0.39 is 21.8 Å². The Hall–Kier alpha value is -2.69. The van der Waals surface area contributed by atoms with Gasteiger partial charge in [0.1, 0.15) is 5.69 Å². The second kappa shape index (κ2) is 9.05. The van der Waals surface area contributed by atoms with Crippen molar-refractivity contribution in [2.75, 3.05) is 26.2 Å².